The molecule has 2 atom stereocenters. The highest BCUT2D eigenvalue weighted by Crippen LogP contribution is 2.29. The van der Waals surface area contributed by atoms with Gasteiger partial charge in [-0.3, -0.25) is 10.2 Å². The number of nitrogens with two attached hydrogens (primary N) is 1. The Hall–Kier alpha value is -0.830. The van der Waals surface area contributed by atoms with Gasteiger partial charge >= 0.3 is 0 Å². The third kappa shape index (κ3) is 4.34. The Balaban J connectivity index is 2.08. The largest absolute Gasteiger partial charge is 0.284 e. The summed E-state index contributed by atoms with van der Waals surface area (Å²) in [6.07, 6.45) is 3.34. The molecular formula is C14H20ClN3O3S. The van der Waals surface area contributed by atoms with Crippen molar-refractivity contribution in [3.05, 3.63) is 28.8 Å². The second kappa shape index (κ2) is 8.14. The smallest absolute Gasteiger partial charge is 0.265 e. The standard InChI is InChI=1S/C14H20ClN3O3S/c1-9-4-3-5-10(2)18(9)17-14(19)11-6-7-12(15)13(8-11)22-21-20-16/h6-10H,3-5,16H2,1-2H3,(H,17,19). The van der Waals surface area contributed by atoms with Crippen molar-refractivity contribution >= 4 is 29.6 Å². The van der Waals surface area contributed by atoms with Crippen molar-refractivity contribution in [1.82, 2.24) is 10.4 Å². The molecule has 1 aliphatic rings. The molecule has 6 nitrogen and oxygen atoms in total. The van der Waals surface area contributed by atoms with Gasteiger partial charge in [0.25, 0.3) is 5.91 Å². The first kappa shape index (κ1) is 17.5. The molecule has 0 spiro atoms. The maximum atomic E-state index is 12.4. The lowest BCUT2D eigenvalue weighted by Gasteiger charge is -2.38. The van der Waals surface area contributed by atoms with E-state index in [1.54, 1.807) is 18.2 Å². The summed E-state index contributed by atoms with van der Waals surface area (Å²) in [6.45, 7) is 4.23. The summed E-state index contributed by atoms with van der Waals surface area (Å²) in [5, 5.41) is 2.48. The van der Waals surface area contributed by atoms with Gasteiger partial charge in [-0.2, -0.15) is 5.90 Å². The summed E-state index contributed by atoms with van der Waals surface area (Å²) in [7, 11) is 0. The zero-order valence-corrected chi connectivity index (χ0v) is 14.1. The fourth-order valence-electron chi connectivity index (χ4n) is 2.59. The van der Waals surface area contributed by atoms with Gasteiger partial charge in [-0.1, -0.05) is 18.0 Å². The number of amides is 1. The van der Waals surface area contributed by atoms with Crippen LogP contribution in [0.15, 0.2) is 23.1 Å². The lowest BCUT2D eigenvalue weighted by atomic mass is 10.00. The van der Waals surface area contributed by atoms with Gasteiger partial charge in [0, 0.05) is 17.6 Å². The number of carbonyl (C=O) groups is 1. The van der Waals surface area contributed by atoms with E-state index in [0.29, 0.717) is 27.6 Å². The fraction of sp³-hybridized carbons (Fsp3) is 0.500. The summed E-state index contributed by atoms with van der Waals surface area (Å²) in [6, 6.07) is 5.60. The second-order valence-corrected chi connectivity index (χ2v) is 6.52. The van der Waals surface area contributed by atoms with Gasteiger partial charge in [0.15, 0.2) is 0 Å². The Labute approximate surface area is 139 Å². The Morgan fingerprint density at radius 2 is 2.09 bits per heavy atom. The first-order chi connectivity index (χ1) is 10.5. The maximum Gasteiger partial charge on any atom is 0.265 e. The molecule has 0 bridgehead atoms. The summed E-state index contributed by atoms with van der Waals surface area (Å²) >= 11 is 6.89. The molecule has 0 saturated carbocycles. The van der Waals surface area contributed by atoms with E-state index in [1.165, 1.54) is 6.42 Å². The number of hydrogen-bond acceptors (Lipinski definition) is 6. The van der Waals surface area contributed by atoms with E-state index in [-0.39, 0.29) is 5.91 Å². The summed E-state index contributed by atoms with van der Waals surface area (Å²) in [5.74, 6) is 4.63. The molecule has 2 rings (SSSR count). The highest BCUT2D eigenvalue weighted by molar-refractivity contribution is 7.94. The van der Waals surface area contributed by atoms with Crippen molar-refractivity contribution in [2.75, 3.05) is 0 Å². The molecule has 3 N–H and O–H groups in total. The van der Waals surface area contributed by atoms with Gasteiger partial charge in [0.05, 0.1) is 22.0 Å². The number of halogens is 1. The van der Waals surface area contributed by atoms with E-state index >= 15 is 0 Å². The predicted molar refractivity (Wildman–Crippen MR) is 85.7 cm³/mol. The average Bonchev–Trinajstić information content (AvgIpc) is 2.50. The van der Waals surface area contributed by atoms with E-state index in [1.807, 2.05) is 5.01 Å². The molecule has 22 heavy (non-hydrogen) atoms. The van der Waals surface area contributed by atoms with E-state index in [9.17, 15) is 4.79 Å². The Morgan fingerprint density at radius 3 is 2.73 bits per heavy atom. The molecule has 0 aliphatic carbocycles. The van der Waals surface area contributed by atoms with Gasteiger partial charge in [-0.05, 0) is 44.9 Å². The molecule has 1 heterocycles. The number of benzene rings is 1. The first-order valence-corrected chi connectivity index (χ1v) is 8.24. The summed E-state index contributed by atoms with van der Waals surface area (Å²) in [4.78, 5) is 17.0. The van der Waals surface area contributed by atoms with Gasteiger partial charge in [-0.25, -0.2) is 5.01 Å². The number of hydrogen-bond donors (Lipinski definition) is 2. The number of piperidine rings is 1. The van der Waals surface area contributed by atoms with Crippen LogP contribution in [0.1, 0.15) is 43.5 Å². The van der Waals surface area contributed by atoms with Crippen LogP contribution in [0.5, 0.6) is 0 Å². The zero-order valence-electron chi connectivity index (χ0n) is 12.5. The van der Waals surface area contributed by atoms with Gasteiger partial charge in [0.2, 0.25) is 0 Å². The van der Waals surface area contributed by atoms with Gasteiger partial charge in [-0.15, -0.1) is 9.32 Å². The minimum absolute atomic E-state index is 0.173. The van der Waals surface area contributed by atoms with Crippen LogP contribution in [-0.4, -0.2) is 23.0 Å². The molecule has 1 aromatic rings. The van der Waals surface area contributed by atoms with Crippen LogP contribution in [0.25, 0.3) is 0 Å². The second-order valence-electron chi connectivity index (χ2n) is 5.37. The topological polar surface area (TPSA) is 76.8 Å². The highest BCUT2D eigenvalue weighted by Gasteiger charge is 2.26. The maximum absolute atomic E-state index is 12.4. The number of rotatable bonds is 5. The molecule has 0 aromatic heterocycles. The lowest BCUT2D eigenvalue weighted by Crippen LogP contribution is -2.54. The van der Waals surface area contributed by atoms with Crippen molar-refractivity contribution < 1.29 is 14.1 Å². The molecule has 1 amide bonds. The molecule has 1 fully saturated rings. The third-order valence-corrected chi connectivity index (χ3v) is 4.89. The third-order valence-electron chi connectivity index (χ3n) is 3.78. The van der Waals surface area contributed by atoms with E-state index in [2.05, 4.69) is 28.6 Å². The Bertz CT molecular complexity index is 522. The molecule has 0 radical (unpaired) electrons. The lowest BCUT2D eigenvalue weighted by molar-refractivity contribution is -0.195. The van der Waals surface area contributed by atoms with Gasteiger partial charge in [0.1, 0.15) is 0 Å². The number of carbonyl (C=O) groups excluding carboxylic acids is 1. The molecule has 1 aliphatic heterocycles. The van der Waals surface area contributed by atoms with Crippen molar-refractivity contribution in [1.29, 1.82) is 0 Å². The number of nitrogens with one attached hydrogen (secondary N) is 1. The Kier molecular flexibility index (Phi) is 6.49. The predicted octanol–water partition coefficient (Wildman–Crippen LogP) is 3.08. The quantitative estimate of drug-likeness (QED) is 0.485. The zero-order chi connectivity index (χ0) is 16.1. The van der Waals surface area contributed by atoms with Crippen molar-refractivity contribution in [3.63, 3.8) is 0 Å². The van der Waals surface area contributed by atoms with E-state index < -0.39 is 0 Å². The van der Waals surface area contributed by atoms with Crippen LogP contribution in [0.3, 0.4) is 0 Å². The van der Waals surface area contributed by atoms with Crippen LogP contribution < -0.4 is 11.3 Å². The van der Waals surface area contributed by atoms with Crippen molar-refractivity contribution in [3.8, 4) is 0 Å². The molecular weight excluding hydrogens is 326 g/mol. The summed E-state index contributed by atoms with van der Waals surface area (Å²) in [5.41, 5.74) is 3.48. The molecule has 1 saturated heterocycles. The molecule has 122 valence electrons. The Morgan fingerprint density at radius 1 is 1.41 bits per heavy atom. The highest BCUT2D eigenvalue weighted by atomic mass is 35.5. The molecule has 1 aromatic carbocycles. The molecule has 2 unspecified atom stereocenters. The number of nitrogens with zero attached hydrogens (tertiary/aromatic N) is 1. The van der Waals surface area contributed by atoms with Crippen molar-refractivity contribution in [2.45, 2.75) is 50.1 Å². The van der Waals surface area contributed by atoms with Crippen LogP contribution in [0, 0.1) is 0 Å². The van der Waals surface area contributed by atoms with E-state index in [4.69, 9.17) is 17.5 Å². The first-order valence-electron chi connectivity index (χ1n) is 7.12. The average molecular weight is 346 g/mol. The minimum atomic E-state index is -0.173. The van der Waals surface area contributed by atoms with Crippen LogP contribution in [-0.2, 0) is 9.32 Å². The molecule has 8 heteroatoms. The van der Waals surface area contributed by atoms with Gasteiger partial charge < -0.3 is 0 Å². The SMILES string of the molecule is CC1CCCC(C)N1NC(=O)c1ccc(Cl)c(SOON)c1. The van der Waals surface area contributed by atoms with E-state index in [0.717, 1.165) is 24.9 Å². The minimum Gasteiger partial charge on any atom is -0.284 e. The fourth-order valence-corrected chi connectivity index (χ4v) is 3.24. The van der Waals surface area contributed by atoms with Crippen LogP contribution in [0.2, 0.25) is 5.02 Å². The number of hydrazine groups is 1. The normalized spacial score (nSPS) is 22.5. The monoisotopic (exact) mass is 345 g/mol. The van der Waals surface area contributed by atoms with Crippen LogP contribution in [0.4, 0.5) is 0 Å². The summed E-state index contributed by atoms with van der Waals surface area (Å²) < 4.78 is 4.59. The van der Waals surface area contributed by atoms with Crippen LogP contribution >= 0.6 is 23.6 Å². The van der Waals surface area contributed by atoms with Crippen molar-refractivity contribution in [2.24, 2.45) is 5.90 Å².